The van der Waals surface area contributed by atoms with E-state index in [1.807, 2.05) is 24.3 Å². The molecule has 0 saturated carbocycles. The molecule has 3 aromatic rings. The third kappa shape index (κ3) is 4.34. The van der Waals surface area contributed by atoms with Gasteiger partial charge in [0.25, 0.3) is 5.91 Å². The molecule has 1 heterocycles. The Balaban J connectivity index is 1.54. The number of rotatable bonds is 7. The van der Waals surface area contributed by atoms with Crippen LogP contribution in [0.3, 0.4) is 0 Å². The van der Waals surface area contributed by atoms with Crippen LogP contribution in [0.1, 0.15) is 5.56 Å². The predicted octanol–water partition coefficient (Wildman–Crippen LogP) is 2.82. The van der Waals surface area contributed by atoms with Crippen molar-refractivity contribution in [2.45, 2.75) is 5.16 Å². The van der Waals surface area contributed by atoms with Crippen LogP contribution >= 0.6 is 11.8 Å². The number of aromatic amines is 1. The summed E-state index contributed by atoms with van der Waals surface area (Å²) in [5.74, 6) is 1.28. The second kappa shape index (κ2) is 8.39. The molecule has 0 atom stereocenters. The van der Waals surface area contributed by atoms with E-state index in [0.29, 0.717) is 16.7 Å². The van der Waals surface area contributed by atoms with Crippen LogP contribution in [0.25, 0.3) is 11.0 Å². The molecule has 0 aliphatic heterocycles. The highest BCUT2D eigenvalue weighted by molar-refractivity contribution is 7.99. The number of fused-ring (bicyclic) bond motifs is 1. The Bertz CT molecular complexity index is 906. The van der Waals surface area contributed by atoms with Crippen molar-refractivity contribution in [1.29, 1.82) is 0 Å². The van der Waals surface area contributed by atoms with E-state index < -0.39 is 0 Å². The van der Waals surface area contributed by atoms with Gasteiger partial charge in [-0.2, -0.15) is 5.10 Å². The number of imidazole rings is 1. The molecule has 0 unspecified atom stereocenters. The number of amides is 1. The molecule has 0 fully saturated rings. The molecular formula is C18H18N4O3S. The van der Waals surface area contributed by atoms with Gasteiger partial charge >= 0.3 is 0 Å². The average molecular weight is 370 g/mol. The van der Waals surface area contributed by atoms with Crippen LogP contribution in [0.2, 0.25) is 0 Å². The number of nitrogens with one attached hydrogen (secondary N) is 2. The van der Waals surface area contributed by atoms with Gasteiger partial charge in [-0.25, -0.2) is 10.4 Å². The highest BCUT2D eigenvalue weighted by Crippen LogP contribution is 2.23. The van der Waals surface area contributed by atoms with Crippen LogP contribution in [0, 0.1) is 0 Å². The van der Waals surface area contributed by atoms with E-state index in [-0.39, 0.29) is 11.7 Å². The molecule has 26 heavy (non-hydrogen) atoms. The van der Waals surface area contributed by atoms with Crippen molar-refractivity contribution in [1.82, 2.24) is 15.4 Å². The van der Waals surface area contributed by atoms with Crippen LogP contribution in [-0.2, 0) is 4.79 Å². The van der Waals surface area contributed by atoms with Crippen molar-refractivity contribution in [3.8, 4) is 11.5 Å². The lowest BCUT2D eigenvalue weighted by Crippen LogP contribution is -2.19. The van der Waals surface area contributed by atoms with Gasteiger partial charge in [-0.05, 0) is 24.3 Å². The molecule has 2 N–H and O–H groups in total. The van der Waals surface area contributed by atoms with E-state index in [1.54, 1.807) is 32.4 Å². The largest absolute Gasteiger partial charge is 0.497 e. The molecule has 0 aliphatic rings. The van der Waals surface area contributed by atoms with Crippen LogP contribution in [0.4, 0.5) is 0 Å². The van der Waals surface area contributed by atoms with Crippen molar-refractivity contribution in [2.75, 3.05) is 20.0 Å². The summed E-state index contributed by atoms with van der Waals surface area (Å²) in [6, 6.07) is 13.1. The molecule has 0 radical (unpaired) electrons. The number of benzene rings is 2. The van der Waals surface area contributed by atoms with Crippen molar-refractivity contribution in [3.63, 3.8) is 0 Å². The van der Waals surface area contributed by atoms with Crippen LogP contribution < -0.4 is 14.9 Å². The number of ether oxygens (including phenoxy) is 2. The number of carbonyl (C=O) groups is 1. The minimum atomic E-state index is -0.223. The first-order chi connectivity index (χ1) is 12.7. The van der Waals surface area contributed by atoms with Gasteiger partial charge in [-0.1, -0.05) is 23.9 Å². The normalized spacial score (nSPS) is 11.0. The maximum Gasteiger partial charge on any atom is 0.250 e. The summed E-state index contributed by atoms with van der Waals surface area (Å²) in [5.41, 5.74) is 5.05. The Morgan fingerprint density at radius 1 is 1.27 bits per heavy atom. The summed E-state index contributed by atoms with van der Waals surface area (Å²) in [6.45, 7) is 0. The van der Waals surface area contributed by atoms with Crippen LogP contribution in [-0.4, -0.2) is 42.1 Å². The van der Waals surface area contributed by atoms with E-state index in [4.69, 9.17) is 9.47 Å². The zero-order chi connectivity index (χ0) is 18.4. The third-order valence-corrected chi connectivity index (χ3v) is 4.41. The molecule has 0 bridgehead atoms. The topological polar surface area (TPSA) is 88.6 Å². The molecule has 7 nitrogen and oxygen atoms in total. The molecule has 0 aliphatic carbocycles. The highest BCUT2D eigenvalue weighted by atomic mass is 32.2. The summed E-state index contributed by atoms with van der Waals surface area (Å²) in [6.07, 6.45) is 1.53. The van der Waals surface area contributed by atoms with Crippen molar-refractivity contribution < 1.29 is 14.3 Å². The minimum absolute atomic E-state index is 0.205. The van der Waals surface area contributed by atoms with Crippen molar-refractivity contribution >= 4 is 34.9 Å². The van der Waals surface area contributed by atoms with E-state index >= 15 is 0 Å². The Hall–Kier alpha value is -3.00. The number of para-hydroxylation sites is 2. The lowest BCUT2D eigenvalue weighted by atomic mass is 10.2. The second-order valence-corrected chi connectivity index (χ2v) is 6.21. The number of nitrogens with zero attached hydrogens (tertiary/aromatic N) is 2. The number of hydrogen-bond donors (Lipinski definition) is 2. The summed E-state index contributed by atoms with van der Waals surface area (Å²) in [5, 5.41) is 4.67. The summed E-state index contributed by atoms with van der Waals surface area (Å²) in [4.78, 5) is 19.5. The lowest BCUT2D eigenvalue weighted by molar-refractivity contribution is -0.118. The predicted molar refractivity (Wildman–Crippen MR) is 102 cm³/mol. The summed E-state index contributed by atoms with van der Waals surface area (Å²) >= 11 is 1.32. The van der Waals surface area contributed by atoms with Crippen molar-refractivity contribution in [3.05, 3.63) is 48.0 Å². The van der Waals surface area contributed by atoms with Gasteiger partial charge in [0.1, 0.15) is 11.5 Å². The highest BCUT2D eigenvalue weighted by Gasteiger charge is 2.07. The zero-order valence-electron chi connectivity index (χ0n) is 14.4. The van der Waals surface area contributed by atoms with Gasteiger partial charge in [-0.15, -0.1) is 0 Å². The number of hydrogen-bond acceptors (Lipinski definition) is 6. The van der Waals surface area contributed by atoms with Gasteiger partial charge < -0.3 is 14.5 Å². The number of aromatic nitrogens is 2. The first-order valence-electron chi connectivity index (χ1n) is 7.81. The molecule has 134 valence electrons. The fraction of sp³-hybridized carbons (Fsp3) is 0.167. The van der Waals surface area contributed by atoms with Gasteiger partial charge in [0, 0.05) is 11.6 Å². The minimum Gasteiger partial charge on any atom is -0.497 e. The smallest absolute Gasteiger partial charge is 0.250 e. The fourth-order valence-electron chi connectivity index (χ4n) is 2.26. The quantitative estimate of drug-likeness (QED) is 0.379. The third-order valence-electron chi connectivity index (χ3n) is 3.54. The average Bonchev–Trinajstić information content (AvgIpc) is 3.09. The lowest BCUT2D eigenvalue weighted by Gasteiger charge is -2.06. The number of thioether (sulfide) groups is 1. The van der Waals surface area contributed by atoms with Crippen molar-refractivity contribution in [2.24, 2.45) is 5.10 Å². The van der Waals surface area contributed by atoms with E-state index in [1.165, 1.54) is 18.0 Å². The molecule has 1 aromatic heterocycles. The molecule has 0 spiro atoms. The van der Waals surface area contributed by atoms with Gasteiger partial charge in [0.05, 0.1) is 37.2 Å². The summed E-state index contributed by atoms with van der Waals surface area (Å²) < 4.78 is 10.4. The van der Waals surface area contributed by atoms with Gasteiger partial charge in [0.2, 0.25) is 0 Å². The molecule has 3 rings (SSSR count). The first kappa shape index (κ1) is 17.8. The SMILES string of the molecule is COc1ccc(/C=N\NC(=O)CSc2nc3ccccc3[nH]2)c(OC)c1. The number of methoxy groups -OCH3 is 2. The van der Waals surface area contributed by atoms with Crippen LogP contribution in [0.5, 0.6) is 11.5 Å². The molecule has 0 saturated heterocycles. The number of carbonyl (C=O) groups excluding carboxylic acids is 1. The molecular weight excluding hydrogens is 352 g/mol. The number of hydrazone groups is 1. The van der Waals surface area contributed by atoms with E-state index in [2.05, 4.69) is 20.5 Å². The maximum atomic E-state index is 11.9. The molecule has 1 amide bonds. The van der Waals surface area contributed by atoms with Crippen LogP contribution in [0.15, 0.2) is 52.7 Å². The second-order valence-electron chi connectivity index (χ2n) is 5.25. The first-order valence-corrected chi connectivity index (χ1v) is 8.79. The monoisotopic (exact) mass is 370 g/mol. The van der Waals surface area contributed by atoms with E-state index in [9.17, 15) is 4.79 Å². The van der Waals surface area contributed by atoms with E-state index in [0.717, 1.165) is 16.6 Å². The van der Waals surface area contributed by atoms with Gasteiger partial charge in [-0.3, -0.25) is 4.79 Å². The fourth-order valence-corrected chi connectivity index (χ4v) is 2.94. The maximum absolute atomic E-state index is 11.9. The molecule has 8 heteroatoms. The Morgan fingerprint density at radius 2 is 2.12 bits per heavy atom. The number of H-pyrrole nitrogens is 1. The summed E-state index contributed by atoms with van der Waals surface area (Å²) in [7, 11) is 3.15. The Morgan fingerprint density at radius 3 is 2.88 bits per heavy atom. The molecule has 2 aromatic carbocycles. The Kier molecular flexibility index (Phi) is 5.75. The standard InChI is InChI=1S/C18H18N4O3S/c1-24-13-8-7-12(16(9-13)25-2)10-19-22-17(23)11-26-18-20-14-5-3-4-6-15(14)21-18/h3-10H,11H2,1-2H3,(H,20,21)(H,22,23)/b19-10-. The zero-order valence-corrected chi connectivity index (χ0v) is 15.2. The van der Waals surface area contributed by atoms with Gasteiger partial charge in [0.15, 0.2) is 5.16 Å². The Labute approximate surface area is 154 Å².